The summed E-state index contributed by atoms with van der Waals surface area (Å²) < 4.78 is 9.06. The molecule has 0 aliphatic carbocycles. The van der Waals surface area contributed by atoms with E-state index in [2.05, 4.69) is 64.0 Å². The Balaban J connectivity index is 0.000000306. The third kappa shape index (κ3) is 41.9. The first kappa shape index (κ1) is 46.6. The van der Waals surface area contributed by atoms with E-state index in [0.29, 0.717) is 0 Å². The van der Waals surface area contributed by atoms with Crippen LogP contribution in [0.4, 0.5) is 0 Å². The number of hydrogen-bond donors (Lipinski definition) is 3. The Hall–Kier alpha value is -6.42. The number of hydrogen-bond acceptors (Lipinski definition) is 13. The molecule has 10 heterocycles. The smallest absolute Gasteiger partial charge is 0.180 e. The van der Waals surface area contributed by atoms with Gasteiger partial charge in [-0.2, -0.15) is 11.3 Å². The summed E-state index contributed by atoms with van der Waals surface area (Å²) in [5, 5.41) is 9.36. The zero-order valence-electron chi connectivity index (χ0n) is 30.6. The summed E-state index contributed by atoms with van der Waals surface area (Å²) in [4.78, 5) is 35.2. The highest BCUT2D eigenvalue weighted by molar-refractivity contribution is 7.07. The van der Waals surface area contributed by atoms with Crippen LogP contribution in [0.3, 0.4) is 0 Å². The number of nitrogens with zero attached hydrogens (tertiary/aromatic N) is 8. The molecule has 1 aliphatic heterocycles. The van der Waals surface area contributed by atoms with Crippen molar-refractivity contribution in [2.75, 3.05) is 13.1 Å². The van der Waals surface area contributed by atoms with E-state index >= 15 is 0 Å². The molecule has 15 heteroatoms. The van der Waals surface area contributed by atoms with E-state index in [9.17, 15) is 0 Å². The van der Waals surface area contributed by atoms with Crippen molar-refractivity contribution in [3.05, 3.63) is 207 Å². The molecule has 0 bridgehead atoms. The van der Waals surface area contributed by atoms with Crippen LogP contribution in [0.2, 0.25) is 0 Å². The Kier molecular flexibility index (Phi) is 37.1. The van der Waals surface area contributed by atoms with Gasteiger partial charge in [-0.05, 0) is 79.2 Å². The monoisotopic (exact) mass is 779 g/mol. The maximum Gasteiger partial charge on any atom is 0.180 e. The van der Waals surface area contributed by atoms with E-state index in [0.717, 1.165) is 0 Å². The first-order chi connectivity index (χ1) is 27.5. The van der Waals surface area contributed by atoms with E-state index < -0.39 is 0 Å². The van der Waals surface area contributed by atoms with Gasteiger partial charge in [0.15, 0.2) is 6.39 Å². The van der Waals surface area contributed by atoms with E-state index in [1.54, 1.807) is 127 Å². The minimum absolute atomic E-state index is 1.25. The van der Waals surface area contributed by atoms with Crippen molar-refractivity contribution in [1.82, 2.24) is 55.2 Å². The molecule has 0 radical (unpaired) electrons. The maximum absolute atomic E-state index is 4.58. The quantitative estimate of drug-likeness (QED) is 0.134. The van der Waals surface area contributed by atoms with Gasteiger partial charge in [-0.3, -0.25) is 19.9 Å². The lowest BCUT2D eigenvalue weighted by Gasteiger charge is -1.91. The second-order valence-corrected chi connectivity index (χ2v) is 11.1. The van der Waals surface area contributed by atoms with Crippen molar-refractivity contribution in [1.29, 1.82) is 0 Å². The Bertz CT molecular complexity index is 1240. The minimum Gasteiger partial charge on any atom is -0.473 e. The van der Waals surface area contributed by atoms with Crippen molar-refractivity contribution in [3.63, 3.8) is 0 Å². The number of thiazole rings is 1. The van der Waals surface area contributed by atoms with Crippen LogP contribution >= 0.6 is 22.7 Å². The molecule has 0 atom stereocenters. The molecule has 1 saturated heterocycles. The van der Waals surface area contributed by atoms with Crippen LogP contribution in [0.5, 0.6) is 0 Å². The average molecular weight is 780 g/mol. The number of thiophene rings is 1. The molecule has 13 nitrogen and oxygen atoms in total. The Morgan fingerprint density at radius 1 is 0.400 bits per heavy atom. The number of furan rings is 1. The standard InChI is InChI=1S/C6H13N.C5H5N.2C4H4N2.C4H5N.C4H4O.C4H4S.C3H4N2.C3H3NO.C3H3NS/c1-2-4-6-7-5-3-1;1-2-4-6-5-3-1;1-2-6-4-3-5-1;1-2-5-4-6-3-1;3*1-2-4-5-3-1;3*1-2-5-3-4-1/h7H,1-6H2;1-5H;2*1-4H;1-5H;2*1-4H;1-3H,(H,4,5);2*1-3H. The number of H-pyrrole nitrogens is 2. The minimum atomic E-state index is 1.25. The summed E-state index contributed by atoms with van der Waals surface area (Å²) in [6.07, 6.45) is 38.9. The van der Waals surface area contributed by atoms with Crippen molar-refractivity contribution >= 4 is 22.7 Å². The van der Waals surface area contributed by atoms with E-state index in [1.165, 1.54) is 57.8 Å². The lowest BCUT2D eigenvalue weighted by molar-refractivity contribution is 0.558. The summed E-state index contributed by atoms with van der Waals surface area (Å²) in [6, 6.07) is 19.1. The van der Waals surface area contributed by atoms with Gasteiger partial charge >= 0.3 is 0 Å². The molecule has 288 valence electrons. The van der Waals surface area contributed by atoms with Gasteiger partial charge < -0.3 is 24.1 Å². The predicted octanol–water partition coefficient (Wildman–Crippen LogP) is 9.45. The summed E-state index contributed by atoms with van der Waals surface area (Å²) in [7, 11) is 0. The number of rotatable bonds is 0. The molecule has 0 unspecified atom stereocenters. The predicted molar refractivity (Wildman–Crippen MR) is 221 cm³/mol. The molecule has 0 aromatic carbocycles. The molecule has 0 spiro atoms. The SMILES string of the molecule is C1CCCNCC1.c1c[nH]cn1.c1cc[nH]c1.c1ccncc1.c1ccoc1.c1ccsc1.c1cnccn1.c1cncnc1.c1cocn1.c1cscn1. The first-order valence-electron chi connectivity index (χ1n) is 17.0. The molecule has 1 fully saturated rings. The van der Waals surface area contributed by atoms with Gasteiger partial charge in [0.05, 0.1) is 30.6 Å². The topological polar surface area (TPSA) is 173 Å². The summed E-state index contributed by atoms with van der Waals surface area (Å²) in [5.41, 5.74) is 1.79. The van der Waals surface area contributed by atoms with Crippen LogP contribution in [-0.2, 0) is 0 Å². The summed E-state index contributed by atoms with van der Waals surface area (Å²) in [5.74, 6) is 0. The van der Waals surface area contributed by atoms with Gasteiger partial charge in [0.2, 0.25) is 0 Å². The van der Waals surface area contributed by atoms with Gasteiger partial charge in [0.25, 0.3) is 0 Å². The van der Waals surface area contributed by atoms with Gasteiger partial charge in [-0.1, -0.05) is 31.0 Å². The normalized spacial score (nSPS) is 10.0. The fourth-order valence-electron chi connectivity index (χ4n) is 3.10. The lowest BCUT2D eigenvalue weighted by Crippen LogP contribution is -2.12. The maximum atomic E-state index is 4.58. The summed E-state index contributed by atoms with van der Waals surface area (Å²) >= 11 is 3.31. The Labute approximate surface area is 331 Å². The van der Waals surface area contributed by atoms with Crippen LogP contribution in [-0.4, -0.2) is 62.9 Å². The van der Waals surface area contributed by atoms with Crippen LogP contribution < -0.4 is 5.32 Å². The molecule has 1 aliphatic rings. The molecular formula is C40H49N11O2S2. The molecule has 3 N–H and O–H groups in total. The molecule has 55 heavy (non-hydrogen) atoms. The molecular weight excluding hydrogens is 731 g/mol. The Morgan fingerprint density at radius 2 is 1.05 bits per heavy atom. The Morgan fingerprint density at radius 3 is 1.29 bits per heavy atom. The number of pyridine rings is 1. The molecule has 9 aromatic heterocycles. The lowest BCUT2D eigenvalue weighted by atomic mass is 10.2. The van der Waals surface area contributed by atoms with Gasteiger partial charge in [-0.25, -0.2) is 19.9 Å². The van der Waals surface area contributed by atoms with E-state index in [-0.39, 0.29) is 0 Å². The van der Waals surface area contributed by atoms with E-state index in [1.807, 2.05) is 83.1 Å². The van der Waals surface area contributed by atoms with Crippen LogP contribution in [0, 0.1) is 0 Å². The first-order valence-corrected chi connectivity index (χ1v) is 18.9. The molecule has 9 aromatic rings. The average Bonchev–Trinajstić information content (AvgIpc) is 4.14. The number of imidazole rings is 1. The van der Waals surface area contributed by atoms with Gasteiger partial charge in [0, 0.05) is 85.9 Å². The van der Waals surface area contributed by atoms with E-state index in [4.69, 9.17) is 0 Å². The molecule has 10 rings (SSSR count). The van der Waals surface area contributed by atoms with Gasteiger partial charge in [0.1, 0.15) is 12.6 Å². The van der Waals surface area contributed by atoms with Crippen molar-refractivity contribution in [2.45, 2.75) is 25.7 Å². The van der Waals surface area contributed by atoms with Crippen molar-refractivity contribution in [2.24, 2.45) is 0 Å². The highest BCUT2D eigenvalue weighted by Crippen LogP contribution is 2.00. The number of oxazole rings is 1. The number of aromatic nitrogens is 10. The third-order valence-electron chi connectivity index (χ3n) is 5.43. The summed E-state index contributed by atoms with van der Waals surface area (Å²) in [6.45, 7) is 2.50. The van der Waals surface area contributed by atoms with Crippen LogP contribution in [0.15, 0.2) is 216 Å². The largest absolute Gasteiger partial charge is 0.473 e. The number of aromatic amines is 2. The zero-order chi connectivity index (χ0) is 38.9. The fourth-order valence-corrected chi connectivity index (χ4v) is 3.90. The van der Waals surface area contributed by atoms with Crippen LogP contribution in [0.25, 0.3) is 0 Å². The number of nitrogens with one attached hydrogen (secondary N) is 3. The third-order valence-corrected chi connectivity index (χ3v) is 6.58. The fraction of sp³-hybridized carbons (Fsp3) is 0.150. The molecule has 0 amide bonds. The second-order valence-electron chi connectivity index (χ2n) is 9.57. The second kappa shape index (κ2) is 43.7. The van der Waals surface area contributed by atoms with Crippen molar-refractivity contribution in [3.8, 4) is 0 Å². The highest BCUT2D eigenvalue weighted by Gasteiger charge is 1.94. The van der Waals surface area contributed by atoms with Crippen LogP contribution in [0.1, 0.15) is 25.7 Å². The van der Waals surface area contributed by atoms with Gasteiger partial charge in [-0.15, -0.1) is 11.3 Å². The zero-order valence-corrected chi connectivity index (χ0v) is 32.2. The molecule has 0 saturated carbocycles. The van der Waals surface area contributed by atoms with Crippen molar-refractivity contribution < 1.29 is 8.83 Å². The highest BCUT2D eigenvalue weighted by atomic mass is 32.1.